The van der Waals surface area contributed by atoms with Crippen molar-refractivity contribution in [1.29, 1.82) is 0 Å². The Kier molecular flexibility index (Phi) is 3.25. The van der Waals surface area contributed by atoms with Crippen LogP contribution in [0.1, 0.15) is 43.6 Å². The van der Waals surface area contributed by atoms with Gasteiger partial charge in [-0.2, -0.15) is 5.10 Å². The van der Waals surface area contributed by atoms with E-state index in [4.69, 9.17) is 5.73 Å². The normalized spacial score (nSPS) is 16.2. The molecule has 1 fully saturated rings. The zero-order valence-electron chi connectivity index (χ0n) is 12.4. The highest BCUT2D eigenvalue weighted by atomic mass is 15.2. The molecule has 112 valence electrons. The molecule has 5 heteroatoms. The maximum atomic E-state index is 6.12. The number of nitrogens with zero attached hydrogens (tertiary/aromatic N) is 3. The van der Waals surface area contributed by atoms with E-state index in [2.05, 4.69) is 32.5 Å². The van der Waals surface area contributed by atoms with Crippen LogP contribution in [0, 0.1) is 0 Å². The van der Waals surface area contributed by atoms with Crippen molar-refractivity contribution in [3.05, 3.63) is 35.9 Å². The minimum atomic E-state index is 0.488. The summed E-state index contributed by atoms with van der Waals surface area (Å²) >= 11 is 0. The Bertz CT molecular complexity index is 787. The monoisotopic (exact) mass is 293 g/mol. The molecule has 1 saturated carbocycles. The standard InChI is InChI=1S/C17H19N5/c18-16-14-13(11-7-3-1-4-8-11)15(12-9-5-2-6-10-12)19-21-17(14)22-20-16/h2,5-6,9-11H,1,3-4,7-8H2,(H3,18,20,21,22). The van der Waals surface area contributed by atoms with Gasteiger partial charge in [0, 0.05) is 5.56 Å². The number of rotatable bonds is 2. The lowest BCUT2D eigenvalue weighted by Crippen LogP contribution is -2.09. The van der Waals surface area contributed by atoms with Crippen LogP contribution in [-0.2, 0) is 0 Å². The lowest BCUT2D eigenvalue weighted by Gasteiger charge is -2.24. The molecule has 0 atom stereocenters. The number of benzene rings is 1. The Hall–Kier alpha value is -2.43. The molecule has 0 unspecified atom stereocenters. The van der Waals surface area contributed by atoms with Crippen molar-refractivity contribution in [2.24, 2.45) is 0 Å². The van der Waals surface area contributed by atoms with Crippen LogP contribution < -0.4 is 5.73 Å². The highest BCUT2D eigenvalue weighted by molar-refractivity contribution is 5.93. The third-order valence-corrected chi connectivity index (χ3v) is 4.61. The van der Waals surface area contributed by atoms with Gasteiger partial charge in [0.05, 0.1) is 11.1 Å². The highest BCUT2D eigenvalue weighted by Gasteiger charge is 2.25. The van der Waals surface area contributed by atoms with Gasteiger partial charge in [0.15, 0.2) is 11.5 Å². The summed E-state index contributed by atoms with van der Waals surface area (Å²) in [4.78, 5) is 0. The summed E-state index contributed by atoms with van der Waals surface area (Å²) in [7, 11) is 0. The number of fused-ring (bicyclic) bond motifs is 1. The molecule has 0 bridgehead atoms. The molecule has 0 radical (unpaired) electrons. The van der Waals surface area contributed by atoms with Crippen LogP contribution in [-0.4, -0.2) is 20.4 Å². The third-order valence-electron chi connectivity index (χ3n) is 4.61. The van der Waals surface area contributed by atoms with Crippen molar-refractivity contribution in [3.63, 3.8) is 0 Å². The first-order chi connectivity index (χ1) is 10.8. The quantitative estimate of drug-likeness (QED) is 0.755. The molecular formula is C17H19N5. The van der Waals surface area contributed by atoms with Gasteiger partial charge < -0.3 is 5.73 Å². The number of nitrogens with two attached hydrogens (primary N) is 1. The Morgan fingerprint density at radius 3 is 2.55 bits per heavy atom. The van der Waals surface area contributed by atoms with Crippen LogP contribution in [0.5, 0.6) is 0 Å². The second-order valence-electron chi connectivity index (χ2n) is 6.00. The zero-order valence-corrected chi connectivity index (χ0v) is 12.4. The maximum absolute atomic E-state index is 6.12. The van der Waals surface area contributed by atoms with E-state index < -0.39 is 0 Å². The Morgan fingerprint density at radius 1 is 1.00 bits per heavy atom. The summed E-state index contributed by atoms with van der Waals surface area (Å²) in [5.74, 6) is 1.02. The fourth-order valence-corrected chi connectivity index (χ4v) is 3.55. The minimum absolute atomic E-state index is 0.488. The SMILES string of the molecule is Nc1n[nH]c2nnc(-c3ccccc3)c(C3CCCCC3)c12. The van der Waals surface area contributed by atoms with Crippen molar-refractivity contribution in [2.45, 2.75) is 38.0 Å². The summed E-state index contributed by atoms with van der Waals surface area (Å²) in [6.45, 7) is 0. The number of aromatic nitrogens is 4. The molecular weight excluding hydrogens is 274 g/mol. The number of anilines is 1. The van der Waals surface area contributed by atoms with Crippen LogP contribution in [0.2, 0.25) is 0 Å². The van der Waals surface area contributed by atoms with Crippen molar-refractivity contribution in [2.75, 3.05) is 5.73 Å². The van der Waals surface area contributed by atoms with Gasteiger partial charge in [-0.15, -0.1) is 10.2 Å². The number of aromatic amines is 1. The Labute approximate surface area is 128 Å². The lowest BCUT2D eigenvalue weighted by atomic mass is 9.81. The van der Waals surface area contributed by atoms with Crippen molar-refractivity contribution in [3.8, 4) is 11.3 Å². The Balaban J connectivity index is 1.97. The third kappa shape index (κ3) is 2.13. The van der Waals surface area contributed by atoms with Gasteiger partial charge in [-0.25, -0.2) is 0 Å². The van der Waals surface area contributed by atoms with Gasteiger partial charge in [-0.05, 0) is 24.3 Å². The van der Waals surface area contributed by atoms with E-state index in [-0.39, 0.29) is 0 Å². The van der Waals surface area contributed by atoms with Gasteiger partial charge in [0.2, 0.25) is 0 Å². The molecule has 0 saturated heterocycles. The van der Waals surface area contributed by atoms with Gasteiger partial charge in [-0.1, -0.05) is 49.6 Å². The fourth-order valence-electron chi connectivity index (χ4n) is 3.55. The van der Waals surface area contributed by atoms with Crippen molar-refractivity contribution in [1.82, 2.24) is 20.4 Å². The molecule has 0 amide bonds. The van der Waals surface area contributed by atoms with Crippen LogP contribution in [0.15, 0.2) is 30.3 Å². The summed E-state index contributed by atoms with van der Waals surface area (Å²) < 4.78 is 0. The van der Waals surface area contributed by atoms with Gasteiger partial charge in [-0.3, -0.25) is 5.10 Å². The van der Waals surface area contributed by atoms with Gasteiger partial charge in [0.25, 0.3) is 0 Å². The molecule has 5 nitrogen and oxygen atoms in total. The summed E-state index contributed by atoms with van der Waals surface area (Å²) in [6.07, 6.45) is 6.22. The van der Waals surface area contributed by atoms with E-state index in [0.717, 1.165) is 16.6 Å². The molecule has 3 aromatic rings. The van der Waals surface area contributed by atoms with E-state index in [1.165, 1.54) is 37.7 Å². The molecule has 0 aliphatic heterocycles. The van der Waals surface area contributed by atoms with Crippen LogP contribution in [0.25, 0.3) is 22.3 Å². The molecule has 3 N–H and O–H groups in total. The highest BCUT2D eigenvalue weighted by Crippen LogP contribution is 2.41. The predicted octanol–water partition coefficient (Wildman–Crippen LogP) is 3.65. The zero-order chi connectivity index (χ0) is 14.9. The minimum Gasteiger partial charge on any atom is -0.382 e. The number of nitrogens with one attached hydrogen (secondary N) is 1. The van der Waals surface area contributed by atoms with Gasteiger partial charge in [0.1, 0.15) is 0 Å². The van der Waals surface area contributed by atoms with Crippen molar-refractivity contribution >= 4 is 16.9 Å². The summed E-state index contributed by atoms with van der Waals surface area (Å²) in [5, 5.41) is 16.8. The van der Waals surface area contributed by atoms with Crippen LogP contribution >= 0.6 is 0 Å². The van der Waals surface area contributed by atoms with Crippen LogP contribution in [0.3, 0.4) is 0 Å². The van der Waals surface area contributed by atoms with E-state index in [1.807, 2.05) is 18.2 Å². The fraction of sp³-hybridized carbons (Fsp3) is 0.353. The molecule has 0 spiro atoms. The van der Waals surface area contributed by atoms with Crippen LogP contribution in [0.4, 0.5) is 5.82 Å². The predicted molar refractivity (Wildman–Crippen MR) is 87.4 cm³/mol. The number of hydrogen-bond acceptors (Lipinski definition) is 4. The first kappa shape index (κ1) is 13.2. The number of hydrogen-bond donors (Lipinski definition) is 2. The average Bonchev–Trinajstić information content (AvgIpc) is 2.97. The molecule has 1 aliphatic carbocycles. The Morgan fingerprint density at radius 2 is 1.77 bits per heavy atom. The van der Waals surface area contributed by atoms with E-state index >= 15 is 0 Å². The second-order valence-corrected chi connectivity index (χ2v) is 6.00. The summed E-state index contributed by atoms with van der Waals surface area (Å²) in [5.41, 5.74) is 10.1. The van der Waals surface area contributed by atoms with E-state index in [1.54, 1.807) is 0 Å². The molecule has 2 heterocycles. The summed E-state index contributed by atoms with van der Waals surface area (Å²) in [6, 6.07) is 10.2. The smallest absolute Gasteiger partial charge is 0.180 e. The molecule has 22 heavy (non-hydrogen) atoms. The van der Waals surface area contributed by atoms with Gasteiger partial charge >= 0.3 is 0 Å². The molecule has 2 aromatic heterocycles. The molecule has 1 aliphatic rings. The molecule has 1 aromatic carbocycles. The molecule has 4 rings (SSSR count). The lowest BCUT2D eigenvalue weighted by molar-refractivity contribution is 0.445. The first-order valence-corrected chi connectivity index (χ1v) is 7.90. The topological polar surface area (TPSA) is 80.5 Å². The second kappa shape index (κ2) is 5.40. The largest absolute Gasteiger partial charge is 0.382 e. The van der Waals surface area contributed by atoms with E-state index in [9.17, 15) is 0 Å². The van der Waals surface area contributed by atoms with Crippen molar-refractivity contribution < 1.29 is 0 Å². The average molecular weight is 293 g/mol. The maximum Gasteiger partial charge on any atom is 0.180 e. The number of H-pyrrole nitrogens is 1. The van der Waals surface area contributed by atoms with E-state index in [0.29, 0.717) is 17.4 Å². The number of nitrogen functional groups attached to an aromatic ring is 1. The first-order valence-electron chi connectivity index (χ1n) is 7.90.